The summed E-state index contributed by atoms with van der Waals surface area (Å²) in [7, 11) is 0. The Morgan fingerprint density at radius 2 is 1.90 bits per heavy atom. The zero-order chi connectivity index (χ0) is 13.9. The molecule has 0 radical (unpaired) electrons. The molecule has 1 atom stereocenters. The van der Waals surface area contributed by atoms with Crippen LogP contribution in [0.3, 0.4) is 0 Å². The van der Waals surface area contributed by atoms with E-state index in [0.29, 0.717) is 25.0 Å². The zero-order valence-electron chi connectivity index (χ0n) is 11.8. The summed E-state index contributed by atoms with van der Waals surface area (Å²) in [6.45, 7) is 3.40. The molecular formula is C14H23N3O3. The van der Waals surface area contributed by atoms with Gasteiger partial charge < -0.3 is 20.3 Å². The van der Waals surface area contributed by atoms with Gasteiger partial charge in [-0.1, -0.05) is 0 Å². The fourth-order valence-corrected chi connectivity index (χ4v) is 2.87. The summed E-state index contributed by atoms with van der Waals surface area (Å²) in [5, 5.41) is 6.23. The van der Waals surface area contributed by atoms with Gasteiger partial charge in [0.05, 0.1) is 13.2 Å². The molecule has 2 aliphatic heterocycles. The lowest BCUT2D eigenvalue weighted by Crippen LogP contribution is -2.55. The predicted octanol–water partition coefficient (Wildman–Crippen LogP) is -0.508. The minimum atomic E-state index is -0.227. The van der Waals surface area contributed by atoms with Crippen molar-refractivity contribution in [3.63, 3.8) is 0 Å². The molecule has 0 aromatic carbocycles. The van der Waals surface area contributed by atoms with E-state index >= 15 is 0 Å². The van der Waals surface area contributed by atoms with E-state index in [1.807, 2.05) is 4.90 Å². The highest BCUT2D eigenvalue weighted by molar-refractivity contribution is 5.82. The molecule has 3 rings (SSSR count). The molecule has 2 saturated heterocycles. The minimum Gasteiger partial charge on any atom is -0.378 e. The number of hydrogen-bond donors (Lipinski definition) is 2. The third kappa shape index (κ3) is 3.30. The van der Waals surface area contributed by atoms with Crippen LogP contribution in [0.25, 0.3) is 0 Å². The summed E-state index contributed by atoms with van der Waals surface area (Å²) in [5.41, 5.74) is 0. The second-order valence-corrected chi connectivity index (χ2v) is 5.96. The number of carbonyl (C=O) groups is 2. The van der Waals surface area contributed by atoms with Crippen LogP contribution in [0.2, 0.25) is 0 Å². The van der Waals surface area contributed by atoms with Gasteiger partial charge in [0.25, 0.3) is 0 Å². The predicted molar refractivity (Wildman–Crippen MR) is 73.1 cm³/mol. The van der Waals surface area contributed by atoms with Gasteiger partial charge in [-0.05, 0) is 25.7 Å². The molecule has 1 saturated carbocycles. The number of hydrogen-bond acceptors (Lipinski definition) is 4. The van der Waals surface area contributed by atoms with Crippen LogP contribution in [-0.2, 0) is 14.3 Å². The van der Waals surface area contributed by atoms with Gasteiger partial charge in [-0.25, -0.2) is 0 Å². The molecule has 0 aromatic rings. The second-order valence-electron chi connectivity index (χ2n) is 5.96. The van der Waals surface area contributed by atoms with Gasteiger partial charge in [0, 0.05) is 31.6 Å². The number of ether oxygens (including phenoxy) is 1. The van der Waals surface area contributed by atoms with Crippen molar-refractivity contribution in [1.29, 1.82) is 0 Å². The molecule has 112 valence electrons. The minimum absolute atomic E-state index is 0.0247. The van der Waals surface area contributed by atoms with E-state index < -0.39 is 0 Å². The van der Waals surface area contributed by atoms with Crippen molar-refractivity contribution in [2.45, 2.75) is 37.8 Å². The van der Waals surface area contributed by atoms with E-state index in [2.05, 4.69) is 10.6 Å². The van der Waals surface area contributed by atoms with Crippen LogP contribution >= 0.6 is 0 Å². The summed E-state index contributed by atoms with van der Waals surface area (Å²) < 4.78 is 5.30. The lowest BCUT2D eigenvalue weighted by atomic mass is 10.0. The van der Waals surface area contributed by atoms with Crippen LogP contribution in [0.15, 0.2) is 0 Å². The van der Waals surface area contributed by atoms with Crippen molar-refractivity contribution in [2.24, 2.45) is 5.92 Å². The van der Waals surface area contributed by atoms with Gasteiger partial charge >= 0.3 is 0 Å². The first-order chi connectivity index (χ1) is 9.74. The Morgan fingerprint density at radius 3 is 2.50 bits per heavy atom. The van der Waals surface area contributed by atoms with Gasteiger partial charge in [-0.2, -0.15) is 0 Å². The van der Waals surface area contributed by atoms with Crippen molar-refractivity contribution in [3.05, 3.63) is 0 Å². The maximum absolute atomic E-state index is 12.1. The molecule has 0 spiro atoms. The number of nitrogens with one attached hydrogen (secondary N) is 2. The first-order valence-electron chi connectivity index (χ1n) is 7.64. The Balaban J connectivity index is 1.41. The molecule has 0 aromatic heterocycles. The number of likely N-dealkylation sites (tertiary alicyclic amines) is 1. The quantitative estimate of drug-likeness (QED) is 0.731. The Kier molecular flexibility index (Phi) is 4.21. The molecule has 2 heterocycles. The average molecular weight is 281 g/mol. The van der Waals surface area contributed by atoms with E-state index in [1.54, 1.807) is 0 Å². The summed E-state index contributed by atoms with van der Waals surface area (Å²) in [5.74, 6) is 0.638. The molecule has 6 heteroatoms. The maximum Gasteiger partial charge on any atom is 0.239 e. The van der Waals surface area contributed by atoms with Gasteiger partial charge in [0.15, 0.2) is 0 Å². The fraction of sp³-hybridized carbons (Fsp3) is 0.857. The third-order valence-electron chi connectivity index (χ3n) is 4.32. The van der Waals surface area contributed by atoms with E-state index in [-0.39, 0.29) is 18.0 Å². The van der Waals surface area contributed by atoms with Crippen molar-refractivity contribution in [3.8, 4) is 0 Å². The normalized spacial score (nSPS) is 28.2. The number of morpholine rings is 1. The fourth-order valence-electron chi connectivity index (χ4n) is 2.87. The number of piperidine rings is 1. The molecule has 1 unspecified atom stereocenters. The van der Waals surface area contributed by atoms with Crippen LogP contribution in [0.5, 0.6) is 0 Å². The Hall–Kier alpha value is -1.14. The Labute approximate surface area is 119 Å². The molecule has 2 amide bonds. The van der Waals surface area contributed by atoms with Crippen molar-refractivity contribution in [1.82, 2.24) is 15.5 Å². The lowest BCUT2D eigenvalue weighted by Gasteiger charge is -2.33. The first kappa shape index (κ1) is 13.8. The van der Waals surface area contributed by atoms with Crippen LogP contribution in [0.1, 0.15) is 25.7 Å². The molecule has 1 aliphatic carbocycles. The van der Waals surface area contributed by atoms with E-state index in [4.69, 9.17) is 4.74 Å². The van der Waals surface area contributed by atoms with Gasteiger partial charge in [0.1, 0.15) is 6.04 Å². The standard InChI is InChI=1S/C14H23N3O3/c18-13(12-9-20-8-5-15-12)16-11-3-6-17(7-4-11)14(19)10-1-2-10/h10-12,15H,1-9H2,(H,16,18). The first-order valence-corrected chi connectivity index (χ1v) is 7.64. The van der Waals surface area contributed by atoms with Crippen molar-refractivity contribution in [2.75, 3.05) is 32.8 Å². The molecule has 0 bridgehead atoms. The average Bonchev–Trinajstić information content (AvgIpc) is 3.33. The third-order valence-corrected chi connectivity index (χ3v) is 4.32. The lowest BCUT2D eigenvalue weighted by molar-refractivity contribution is -0.133. The maximum atomic E-state index is 12.1. The van der Waals surface area contributed by atoms with Crippen LogP contribution < -0.4 is 10.6 Å². The molecule has 6 nitrogen and oxygen atoms in total. The highest BCUT2D eigenvalue weighted by atomic mass is 16.5. The summed E-state index contributed by atoms with van der Waals surface area (Å²) in [6.07, 6.45) is 3.83. The number of amides is 2. The highest BCUT2D eigenvalue weighted by Crippen LogP contribution is 2.31. The highest BCUT2D eigenvalue weighted by Gasteiger charge is 2.35. The van der Waals surface area contributed by atoms with Crippen molar-refractivity contribution >= 4 is 11.8 Å². The monoisotopic (exact) mass is 281 g/mol. The van der Waals surface area contributed by atoms with E-state index in [0.717, 1.165) is 45.3 Å². The summed E-state index contributed by atoms with van der Waals surface area (Å²) in [6, 6.07) is -0.0376. The smallest absolute Gasteiger partial charge is 0.239 e. The number of nitrogens with zero attached hydrogens (tertiary/aromatic N) is 1. The van der Waals surface area contributed by atoms with Gasteiger partial charge in [-0.15, -0.1) is 0 Å². The topological polar surface area (TPSA) is 70.7 Å². The van der Waals surface area contributed by atoms with E-state index in [9.17, 15) is 9.59 Å². The van der Waals surface area contributed by atoms with E-state index in [1.165, 1.54) is 0 Å². The van der Waals surface area contributed by atoms with Crippen LogP contribution in [0, 0.1) is 5.92 Å². The van der Waals surface area contributed by atoms with Crippen LogP contribution in [-0.4, -0.2) is 61.6 Å². The summed E-state index contributed by atoms with van der Waals surface area (Å²) in [4.78, 5) is 26.0. The van der Waals surface area contributed by atoms with Gasteiger partial charge in [-0.3, -0.25) is 9.59 Å². The number of carbonyl (C=O) groups excluding carboxylic acids is 2. The molecule has 3 aliphatic rings. The van der Waals surface area contributed by atoms with Crippen molar-refractivity contribution < 1.29 is 14.3 Å². The largest absolute Gasteiger partial charge is 0.378 e. The van der Waals surface area contributed by atoms with Gasteiger partial charge in [0.2, 0.25) is 11.8 Å². The molecule has 2 N–H and O–H groups in total. The SMILES string of the molecule is O=C(NC1CCN(C(=O)C2CC2)CC1)C1COCCN1. The molecule has 20 heavy (non-hydrogen) atoms. The molecular weight excluding hydrogens is 258 g/mol. The zero-order valence-corrected chi connectivity index (χ0v) is 11.8. The van der Waals surface area contributed by atoms with Crippen LogP contribution in [0.4, 0.5) is 0 Å². The number of rotatable bonds is 3. The Bertz CT molecular complexity index is 370. The Morgan fingerprint density at radius 1 is 1.15 bits per heavy atom. The molecule has 3 fully saturated rings. The summed E-state index contributed by atoms with van der Waals surface area (Å²) >= 11 is 0. The second kappa shape index (κ2) is 6.10.